The molecule has 8 heteroatoms. The summed E-state index contributed by atoms with van der Waals surface area (Å²) in [5, 5.41) is 4.02. The molecule has 2 aromatic rings. The average molecular weight is 333 g/mol. The Labute approximate surface area is 138 Å². The Hall–Kier alpha value is -1.93. The summed E-state index contributed by atoms with van der Waals surface area (Å²) in [6.45, 7) is 7.31. The number of morpholine rings is 1. The van der Waals surface area contributed by atoms with E-state index in [2.05, 4.69) is 19.6 Å². The van der Waals surface area contributed by atoms with E-state index in [4.69, 9.17) is 4.74 Å². The first-order valence-electron chi connectivity index (χ1n) is 7.62. The van der Waals surface area contributed by atoms with Gasteiger partial charge in [0, 0.05) is 17.9 Å². The number of aryl methyl sites for hydroxylation is 3. The van der Waals surface area contributed by atoms with E-state index in [9.17, 15) is 4.79 Å². The van der Waals surface area contributed by atoms with E-state index in [1.165, 1.54) is 0 Å². The Morgan fingerprint density at radius 1 is 1.39 bits per heavy atom. The van der Waals surface area contributed by atoms with Gasteiger partial charge in [0.1, 0.15) is 11.0 Å². The van der Waals surface area contributed by atoms with Crippen LogP contribution in [-0.2, 0) is 11.2 Å². The number of nitrogens with zero attached hydrogens (tertiary/aromatic N) is 5. The Bertz CT molecular complexity index is 697. The molecule has 1 amide bonds. The van der Waals surface area contributed by atoms with E-state index in [1.807, 2.05) is 26.8 Å². The van der Waals surface area contributed by atoms with Crippen molar-refractivity contribution >= 4 is 17.4 Å². The number of carbonyl (C=O) groups is 1. The first-order valence-corrected chi connectivity index (χ1v) is 8.40. The van der Waals surface area contributed by atoms with Gasteiger partial charge in [-0.25, -0.2) is 9.97 Å². The molecule has 3 heterocycles. The molecule has 1 aliphatic heterocycles. The first kappa shape index (κ1) is 15.9. The fourth-order valence-corrected chi connectivity index (χ4v) is 3.35. The SMILES string of the molecule is CCc1nnsc1C(=O)N1CCO[C@@H](c2nc(C)cc(C)n2)C1. The highest BCUT2D eigenvalue weighted by Gasteiger charge is 2.30. The number of hydrogen-bond donors (Lipinski definition) is 0. The quantitative estimate of drug-likeness (QED) is 0.851. The van der Waals surface area contributed by atoms with Gasteiger partial charge in [0.2, 0.25) is 0 Å². The zero-order chi connectivity index (χ0) is 16.4. The molecule has 0 radical (unpaired) electrons. The number of amides is 1. The van der Waals surface area contributed by atoms with Crippen molar-refractivity contribution in [3.8, 4) is 0 Å². The van der Waals surface area contributed by atoms with Gasteiger partial charge in [-0.05, 0) is 37.9 Å². The lowest BCUT2D eigenvalue weighted by Gasteiger charge is -2.32. The summed E-state index contributed by atoms with van der Waals surface area (Å²) < 4.78 is 9.68. The molecule has 23 heavy (non-hydrogen) atoms. The maximum absolute atomic E-state index is 12.7. The summed E-state index contributed by atoms with van der Waals surface area (Å²) >= 11 is 1.15. The molecule has 2 aromatic heterocycles. The Kier molecular flexibility index (Phi) is 4.63. The summed E-state index contributed by atoms with van der Waals surface area (Å²) in [5.41, 5.74) is 2.56. The monoisotopic (exact) mass is 333 g/mol. The summed E-state index contributed by atoms with van der Waals surface area (Å²) in [4.78, 5) is 24.0. The maximum atomic E-state index is 12.7. The van der Waals surface area contributed by atoms with Gasteiger partial charge in [0.15, 0.2) is 5.82 Å². The van der Waals surface area contributed by atoms with Crippen LogP contribution < -0.4 is 0 Å². The van der Waals surface area contributed by atoms with Crippen LogP contribution in [0.4, 0.5) is 0 Å². The molecule has 7 nitrogen and oxygen atoms in total. The summed E-state index contributed by atoms with van der Waals surface area (Å²) in [5.74, 6) is 0.604. The van der Waals surface area contributed by atoms with Crippen molar-refractivity contribution in [2.75, 3.05) is 19.7 Å². The Balaban J connectivity index is 1.79. The number of aromatic nitrogens is 4. The van der Waals surface area contributed by atoms with Crippen LogP contribution in [0.5, 0.6) is 0 Å². The third-order valence-corrected chi connectivity index (χ3v) is 4.48. The Morgan fingerprint density at radius 3 is 2.83 bits per heavy atom. The molecule has 1 fully saturated rings. The number of carbonyl (C=O) groups excluding carboxylic acids is 1. The second-order valence-corrected chi connectivity index (χ2v) is 6.28. The minimum Gasteiger partial charge on any atom is -0.367 e. The van der Waals surface area contributed by atoms with Crippen LogP contribution in [0.1, 0.15) is 45.6 Å². The maximum Gasteiger partial charge on any atom is 0.267 e. The van der Waals surface area contributed by atoms with E-state index in [-0.39, 0.29) is 12.0 Å². The average Bonchev–Trinajstić information content (AvgIpc) is 3.02. The standard InChI is InChI=1S/C15H19N5O2S/c1-4-11-13(23-19-18-11)15(21)20-5-6-22-12(8-20)14-16-9(2)7-10(3)17-14/h7,12H,4-6,8H2,1-3H3/t12-/m1/s1. The molecule has 0 unspecified atom stereocenters. The molecule has 1 saturated heterocycles. The molecule has 0 aromatic carbocycles. The normalized spacial score (nSPS) is 18.2. The van der Waals surface area contributed by atoms with Crippen LogP contribution in [0.25, 0.3) is 0 Å². The third-order valence-electron chi connectivity index (χ3n) is 3.73. The fourth-order valence-electron chi connectivity index (χ4n) is 2.63. The smallest absolute Gasteiger partial charge is 0.267 e. The van der Waals surface area contributed by atoms with Crippen LogP contribution in [0.15, 0.2) is 6.07 Å². The van der Waals surface area contributed by atoms with Crippen LogP contribution in [-0.4, -0.2) is 50.1 Å². The van der Waals surface area contributed by atoms with Crippen LogP contribution >= 0.6 is 11.5 Å². The van der Waals surface area contributed by atoms with Gasteiger partial charge in [-0.3, -0.25) is 4.79 Å². The lowest BCUT2D eigenvalue weighted by atomic mass is 10.2. The molecule has 0 saturated carbocycles. The van der Waals surface area contributed by atoms with Crippen LogP contribution in [0, 0.1) is 13.8 Å². The largest absolute Gasteiger partial charge is 0.367 e. The molecule has 1 atom stereocenters. The number of ether oxygens (including phenoxy) is 1. The minimum atomic E-state index is -0.294. The second kappa shape index (κ2) is 6.67. The van der Waals surface area contributed by atoms with Crippen molar-refractivity contribution < 1.29 is 9.53 Å². The van der Waals surface area contributed by atoms with Gasteiger partial charge in [-0.2, -0.15) is 0 Å². The number of rotatable bonds is 3. The molecule has 0 aliphatic carbocycles. The summed E-state index contributed by atoms with van der Waals surface area (Å²) in [6.07, 6.45) is 0.406. The van der Waals surface area contributed by atoms with Crippen molar-refractivity contribution in [2.45, 2.75) is 33.3 Å². The van der Waals surface area contributed by atoms with Crippen molar-refractivity contribution in [2.24, 2.45) is 0 Å². The van der Waals surface area contributed by atoms with Gasteiger partial charge in [0.25, 0.3) is 5.91 Å². The highest BCUT2D eigenvalue weighted by Crippen LogP contribution is 2.23. The fraction of sp³-hybridized carbons (Fsp3) is 0.533. The van der Waals surface area contributed by atoms with Crippen molar-refractivity contribution in [1.29, 1.82) is 0 Å². The highest BCUT2D eigenvalue weighted by atomic mass is 32.1. The highest BCUT2D eigenvalue weighted by molar-refractivity contribution is 7.08. The molecule has 0 spiro atoms. The molecule has 0 bridgehead atoms. The second-order valence-electron chi connectivity index (χ2n) is 5.52. The zero-order valence-corrected chi connectivity index (χ0v) is 14.3. The molecule has 0 N–H and O–H groups in total. The van der Waals surface area contributed by atoms with Gasteiger partial charge >= 0.3 is 0 Å². The zero-order valence-electron chi connectivity index (χ0n) is 13.4. The summed E-state index contributed by atoms with van der Waals surface area (Å²) in [7, 11) is 0. The molecule has 3 rings (SSSR count). The molecular formula is C15H19N5O2S. The predicted molar refractivity (Wildman–Crippen MR) is 85.4 cm³/mol. The molecule has 122 valence electrons. The Morgan fingerprint density at radius 2 is 2.13 bits per heavy atom. The predicted octanol–water partition coefficient (Wildman–Crippen LogP) is 1.72. The van der Waals surface area contributed by atoms with Gasteiger partial charge in [-0.15, -0.1) is 5.10 Å². The van der Waals surface area contributed by atoms with E-state index in [0.29, 0.717) is 36.8 Å². The number of hydrogen-bond acceptors (Lipinski definition) is 7. The van der Waals surface area contributed by atoms with E-state index < -0.39 is 0 Å². The van der Waals surface area contributed by atoms with Crippen molar-refractivity contribution in [3.63, 3.8) is 0 Å². The molecular weight excluding hydrogens is 314 g/mol. The lowest BCUT2D eigenvalue weighted by molar-refractivity contribution is -0.0268. The van der Waals surface area contributed by atoms with E-state index in [0.717, 1.165) is 28.6 Å². The third kappa shape index (κ3) is 3.37. The van der Waals surface area contributed by atoms with Crippen LogP contribution in [0.3, 0.4) is 0 Å². The first-order chi connectivity index (χ1) is 11.1. The minimum absolute atomic E-state index is 0.0328. The lowest BCUT2D eigenvalue weighted by Crippen LogP contribution is -2.42. The van der Waals surface area contributed by atoms with E-state index in [1.54, 1.807) is 4.90 Å². The van der Waals surface area contributed by atoms with E-state index >= 15 is 0 Å². The summed E-state index contributed by atoms with van der Waals surface area (Å²) in [6, 6.07) is 1.92. The molecule has 1 aliphatic rings. The topological polar surface area (TPSA) is 81.1 Å². The van der Waals surface area contributed by atoms with Gasteiger partial charge < -0.3 is 9.64 Å². The van der Waals surface area contributed by atoms with Crippen LogP contribution in [0.2, 0.25) is 0 Å². The van der Waals surface area contributed by atoms with Gasteiger partial charge in [-0.1, -0.05) is 11.4 Å². The van der Waals surface area contributed by atoms with Crippen molar-refractivity contribution in [3.05, 3.63) is 33.8 Å². The van der Waals surface area contributed by atoms with Crippen molar-refractivity contribution in [1.82, 2.24) is 24.5 Å². The van der Waals surface area contributed by atoms with Gasteiger partial charge in [0.05, 0.1) is 18.8 Å².